The number of para-hydroxylation sites is 1. The fourth-order valence-corrected chi connectivity index (χ4v) is 6.19. The number of sulfone groups is 1. The number of halogens is 1. The number of ether oxygens (including phenoxy) is 2. The van der Waals surface area contributed by atoms with Crippen molar-refractivity contribution in [3.63, 3.8) is 0 Å². The normalized spacial score (nSPS) is 18.0. The Hall–Kier alpha value is -3.40. The molecular weight excluding hydrogens is 449 g/mol. The van der Waals surface area contributed by atoms with E-state index in [9.17, 15) is 17.6 Å². The second kappa shape index (κ2) is 7.87. The first-order valence-electron chi connectivity index (χ1n) is 10.4. The minimum atomic E-state index is -3.15. The number of nitrogens with one attached hydrogen (secondary N) is 1. The molecule has 1 atom stereocenters. The standard InChI is InChI=1S/C23H22FN3O5S/c1-31-19-10-13-9-16-21(23(28)25-14-7-8-33(29,30)12-14)26-27(18-6-4-3-5-17(18)24)22(16)15(13)11-20(19)32-2/h3-6,10-11,14H,7-9,12H2,1-2H3,(H,25,28). The van der Waals surface area contributed by atoms with E-state index in [0.717, 1.165) is 11.1 Å². The number of methoxy groups -OCH3 is 2. The molecule has 0 saturated carbocycles. The summed E-state index contributed by atoms with van der Waals surface area (Å²) in [5.41, 5.74) is 3.25. The molecule has 2 aliphatic rings. The third-order valence-electron chi connectivity index (χ3n) is 6.08. The van der Waals surface area contributed by atoms with Crippen molar-refractivity contribution in [2.24, 2.45) is 0 Å². The Balaban J connectivity index is 1.63. The lowest BCUT2D eigenvalue weighted by molar-refractivity contribution is 0.0935. The Morgan fingerprint density at radius 3 is 2.58 bits per heavy atom. The first-order chi connectivity index (χ1) is 15.8. The smallest absolute Gasteiger partial charge is 0.272 e. The van der Waals surface area contributed by atoms with Gasteiger partial charge < -0.3 is 14.8 Å². The van der Waals surface area contributed by atoms with Crippen LogP contribution in [0.5, 0.6) is 11.5 Å². The Bertz CT molecular complexity index is 1380. The number of rotatable bonds is 5. The molecule has 0 bridgehead atoms. The minimum Gasteiger partial charge on any atom is -0.493 e. The molecule has 0 radical (unpaired) electrons. The van der Waals surface area contributed by atoms with Crippen LogP contribution in [-0.2, 0) is 16.3 Å². The van der Waals surface area contributed by atoms with Crippen LogP contribution in [0.1, 0.15) is 28.0 Å². The third-order valence-corrected chi connectivity index (χ3v) is 7.85. The number of benzene rings is 2. The van der Waals surface area contributed by atoms with Gasteiger partial charge in [0.25, 0.3) is 5.91 Å². The second-order valence-electron chi connectivity index (χ2n) is 8.15. The van der Waals surface area contributed by atoms with Crippen LogP contribution in [0.4, 0.5) is 4.39 Å². The summed E-state index contributed by atoms with van der Waals surface area (Å²) >= 11 is 0. The van der Waals surface area contributed by atoms with Crippen LogP contribution >= 0.6 is 0 Å². The van der Waals surface area contributed by atoms with Crippen molar-refractivity contribution in [2.75, 3.05) is 25.7 Å². The van der Waals surface area contributed by atoms with Gasteiger partial charge in [-0.25, -0.2) is 17.5 Å². The summed E-state index contributed by atoms with van der Waals surface area (Å²) < 4.78 is 50.6. The molecule has 172 valence electrons. The fourth-order valence-electron chi connectivity index (χ4n) is 4.52. The number of hydrogen-bond donors (Lipinski definition) is 1. The van der Waals surface area contributed by atoms with E-state index in [1.165, 1.54) is 17.9 Å². The van der Waals surface area contributed by atoms with Gasteiger partial charge in [0.05, 0.1) is 31.4 Å². The van der Waals surface area contributed by atoms with Gasteiger partial charge >= 0.3 is 0 Å². The van der Waals surface area contributed by atoms with E-state index in [2.05, 4.69) is 10.4 Å². The Morgan fingerprint density at radius 2 is 1.91 bits per heavy atom. The highest BCUT2D eigenvalue weighted by molar-refractivity contribution is 7.91. The molecule has 1 unspecified atom stereocenters. The SMILES string of the molecule is COc1cc2c(cc1OC)-c1c(c(C(=O)NC3CCS(=O)(=O)C3)nn1-c1ccccc1F)C2. The molecule has 1 aromatic heterocycles. The van der Waals surface area contributed by atoms with E-state index in [1.807, 2.05) is 6.07 Å². The number of aromatic nitrogens is 2. The zero-order valence-corrected chi connectivity index (χ0v) is 18.9. The quantitative estimate of drug-likeness (QED) is 0.480. The van der Waals surface area contributed by atoms with Crippen LogP contribution in [-0.4, -0.2) is 55.9 Å². The predicted octanol–water partition coefficient (Wildman–Crippen LogP) is 2.52. The van der Waals surface area contributed by atoms with Gasteiger partial charge in [-0.1, -0.05) is 12.1 Å². The molecule has 1 amide bonds. The highest BCUT2D eigenvalue weighted by Gasteiger charge is 2.35. The van der Waals surface area contributed by atoms with Crippen LogP contribution in [0.15, 0.2) is 36.4 Å². The molecule has 10 heteroatoms. The van der Waals surface area contributed by atoms with Crippen molar-refractivity contribution in [3.05, 3.63) is 59.0 Å². The van der Waals surface area contributed by atoms with Crippen LogP contribution in [0.3, 0.4) is 0 Å². The van der Waals surface area contributed by atoms with E-state index in [4.69, 9.17) is 9.47 Å². The summed E-state index contributed by atoms with van der Waals surface area (Å²) in [6.07, 6.45) is 0.754. The van der Waals surface area contributed by atoms with Crippen LogP contribution < -0.4 is 14.8 Å². The fraction of sp³-hybridized carbons (Fsp3) is 0.304. The monoisotopic (exact) mass is 471 g/mol. The van der Waals surface area contributed by atoms with Crippen LogP contribution in [0.2, 0.25) is 0 Å². The third kappa shape index (κ3) is 3.64. The lowest BCUT2D eigenvalue weighted by atomic mass is 10.1. The van der Waals surface area contributed by atoms with Crippen LogP contribution in [0.25, 0.3) is 16.9 Å². The first-order valence-corrected chi connectivity index (χ1v) is 12.3. The molecule has 0 spiro atoms. The number of amides is 1. The summed E-state index contributed by atoms with van der Waals surface area (Å²) in [7, 11) is -0.0808. The maximum absolute atomic E-state index is 14.7. The Kier molecular flexibility index (Phi) is 5.12. The summed E-state index contributed by atoms with van der Waals surface area (Å²) in [5, 5.41) is 7.28. The van der Waals surface area contributed by atoms with Gasteiger partial charge in [-0.05, 0) is 36.2 Å². The Labute approximate surface area is 190 Å². The molecule has 2 heterocycles. The number of hydrogen-bond acceptors (Lipinski definition) is 6. The molecule has 8 nitrogen and oxygen atoms in total. The maximum atomic E-state index is 14.7. The minimum absolute atomic E-state index is 0.0464. The molecule has 1 saturated heterocycles. The van der Waals surface area contributed by atoms with Gasteiger partial charge in [0.15, 0.2) is 27.0 Å². The van der Waals surface area contributed by atoms with Crippen molar-refractivity contribution >= 4 is 15.7 Å². The van der Waals surface area contributed by atoms with Gasteiger partial charge in [-0.15, -0.1) is 0 Å². The zero-order valence-electron chi connectivity index (χ0n) is 18.1. The summed E-state index contributed by atoms with van der Waals surface area (Å²) in [5.74, 6) is 0.0520. The van der Waals surface area contributed by atoms with Crippen LogP contribution in [0, 0.1) is 5.82 Å². The number of nitrogens with zero attached hydrogens (tertiary/aromatic N) is 2. The lowest BCUT2D eigenvalue weighted by Gasteiger charge is -2.13. The van der Waals surface area contributed by atoms with Gasteiger partial charge in [0.2, 0.25) is 0 Å². The van der Waals surface area contributed by atoms with Gasteiger partial charge in [-0.3, -0.25) is 4.79 Å². The topological polar surface area (TPSA) is 99.5 Å². The summed E-state index contributed by atoms with van der Waals surface area (Å²) in [6.45, 7) is 0. The van der Waals surface area contributed by atoms with E-state index in [-0.39, 0.29) is 22.9 Å². The van der Waals surface area contributed by atoms with Gasteiger partial charge in [0.1, 0.15) is 11.5 Å². The summed E-state index contributed by atoms with van der Waals surface area (Å²) in [4.78, 5) is 13.2. The second-order valence-corrected chi connectivity index (χ2v) is 10.4. The molecule has 5 rings (SSSR count). The van der Waals surface area contributed by atoms with Crippen molar-refractivity contribution in [1.82, 2.24) is 15.1 Å². The Morgan fingerprint density at radius 1 is 1.18 bits per heavy atom. The molecule has 1 N–H and O–H groups in total. The van der Waals surface area contributed by atoms with Gasteiger partial charge in [-0.2, -0.15) is 5.10 Å². The average molecular weight is 472 g/mol. The van der Waals surface area contributed by atoms with Gasteiger partial charge in [0, 0.05) is 23.6 Å². The lowest BCUT2D eigenvalue weighted by Crippen LogP contribution is -2.36. The molecule has 3 aromatic rings. The zero-order chi connectivity index (χ0) is 23.3. The number of carbonyl (C=O) groups is 1. The van der Waals surface area contributed by atoms with E-state index in [1.54, 1.807) is 31.4 Å². The summed E-state index contributed by atoms with van der Waals surface area (Å²) in [6, 6.07) is 9.36. The molecule has 33 heavy (non-hydrogen) atoms. The average Bonchev–Trinajstić information content (AvgIpc) is 3.44. The molecular formula is C23H22FN3O5S. The molecule has 1 aliphatic heterocycles. The first kappa shape index (κ1) is 21.4. The van der Waals surface area contributed by atoms with E-state index < -0.39 is 27.6 Å². The highest BCUT2D eigenvalue weighted by Crippen LogP contribution is 2.45. The molecule has 2 aromatic carbocycles. The van der Waals surface area contributed by atoms with Crippen molar-refractivity contribution in [3.8, 4) is 28.4 Å². The van der Waals surface area contributed by atoms with E-state index in [0.29, 0.717) is 35.6 Å². The highest BCUT2D eigenvalue weighted by atomic mass is 32.2. The molecule has 1 fully saturated rings. The predicted molar refractivity (Wildman–Crippen MR) is 119 cm³/mol. The van der Waals surface area contributed by atoms with Crippen molar-refractivity contribution in [1.29, 1.82) is 0 Å². The largest absolute Gasteiger partial charge is 0.493 e. The van der Waals surface area contributed by atoms with E-state index >= 15 is 0 Å². The molecule has 1 aliphatic carbocycles. The number of fused-ring (bicyclic) bond motifs is 3. The maximum Gasteiger partial charge on any atom is 0.272 e. The van der Waals surface area contributed by atoms with Crippen molar-refractivity contribution in [2.45, 2.75) is 18.9 Å². The number of carbonyl (C=O) groups excluding carboxylic acids is 1. The van der Waals surface area contributed by atoms with Crippen molar-refractivity contribution < 1.29 is 27.1 Å².